The van der Waals surface area contributed by atoms with Gasteiger partial charge in [-0.25, -0.2) is 0 Å². The fourth-order valence-electron chi connectivity index (χ4n) is 2.39. The molecular weight excluding hydrogens is 290 g/mol. The predicted octanol–water partition coefficient (Wildman–Crippen LogP) is 1.32. The summed E-state index contributed by atoms with van der Waals surface area (Å²) in [7, 11) is 0. The number of nitrogens with zero attached hydrogens (tertiary/aromatic N) is 1. The molecule has 1 saturated heterocycles. The molecule has 0 aromatic heterocycles. The Kier molecular flexibility index (Phi) is 4.10. The second kappa shape index (κ2) is 6.17. The third-order valence-electron chi connectivity index (χ3n) is 3.47. The summed E-state index contributed by atoms with van der Waals surface area (Å²) in [6, 6.07) is 5.57. The highest BCUT2D eigenvalue weighted by molar-refractivity contribution is 7.80. The minimum Gasteiger partial charge on any atom is -0.454 e. The molecule has 2 aliphatic rings. The van der Waals surface area contributed by atoms with Gasteiger partial charge >= 0.3 is 0 Å². The summed E-state index contributed by atoms with van der Waals surface area (Å²) in [5, 5.41) is 6.72. The van der Waals surface area contributed by atoms with Crippen molar-refractivity contribution >= 4 is 28.9 Å². The monoisotopic (exact) mass is 307 g/mol. The topological polar surface area (TPSA) is 62.8 Å². The lowest BCUT2D eigenvalue weighted by molar-refractivity contribution is -0.127. The molecule has 0 spiro atoms. The van der Waals surface area contributed by atoms with Crippen molar-refractivity contribution in [1.82, 2.24) is 10.2 Å². The lowest BCUT2D eigenvalue weighted by Crippen LogP contribution is -2.37. The standard InChI is InChI=1S/C14H17N3O3S/c18-13-2-1-6-17(13)7-5-15-14(21)16-10-3-4-11-12(8-10)20-9-19-11/h3-4,8H,1-2,5-7,9H2,(H2,15,16,21). The molecule has 112 valence electrons. The summed E-state index contributed by atoms with van der Waals surface area (Å²) in [6.45, 7) is 2.43. The first-order valence-electron chi connectivity index (χ1n) is 6.95. The van der Waals surface area contributed by atoms with E-state index in [1.54, 1.807) is 0 Å². The zero-order chi connectivity index (χ0) is 14.7. The van der Waals surface area contributed by atoms with Crippen LogP contribution in [0.15, 0.2) is 18.2 Å². The van der Waals surface area contributed by atoms with Crippen LogP contribution in [-0.4, -0.2) is 42.3 Å². The van der Waals surface area contributed by atoms with E-state index >= 15 is 0 Å². The van der Waals surface area contributed by atoms with Crippen LogP contribution in [0.2, 0.25) is 0 Å². The van der Waals surface area contributed by atoms with Crippen LogP contribution in [0.3, 0.4) is 0 Å². The molecule has 2 heterocycles. The molecule has 0 atom stereocenters. The van der Waals surface area contributed by atoms with Crippen LogP contribution in [0.4, 0.5) is 5.69 Å². The Labute approximate surface area is 128 Å². The summed E-state index contributed by atoms with van der Waals surface area (Å²) in [6.07, 6.45) is 1.62. The average molecular weight is 307 g/mol. The van der Waals surface area contributed by atoms with Crippen LogP contribution in [0.25, 0.3) is 0 Å². The zero-order valence-electron chi connectivity index (χ0n) is 11.6. The zero-order valence-corrected chi connectivity index (χ0v) is 12.4. The smallest absolute Gasteiger partial charge is 0.231 e. The SMILES string of the molecule is O=C1CCCN1CCNC(=S)Nc1ccc2c(c1)OCO2. The van der Waals surface area contributed by atoms with Crippen LogP contribution in [0.1, 0.15) is 12.8 Å². The van der Waals surface area contributed by atoms with E-state index in [1.807, 2.05) is 23.1 Å². The Morgan fingerprint density at radius 1 is 1.33 bits per heavy atom. The van der Waals surface area contributed by atoms with E-state index in [-0.39, 0.29) is 12.7 Å². The van der Waals surface area contributed by atoms with Crippen molar-refractivity contribution in [2.24, 2.45) is 0 Å². The van der Waals surface area contributed by atoms with Gasteiger partial charge in [-0.05, 0) is 30.8 Å². The van der Waals surface area contributed by atoms with Gasteiger partial charge in [0.15, 0.2) is 16.6 Å². The van der Waals surface area contributed by atoms with Gasteiger partial charge in [0.2, 0.25) is 12.7 Å². The van der Waals surface area contributed by atoms with Gasteiger partial charge < -0.3 is 25.0 Å². The summed E-state index contributed by atoms with van der Waals surface area (Å²) < 4.78 is 10.6. The number of hydrogen-bond acceptors (Lipinski definition) is 4. The molecule has 0 unspecified atom stereocenters. The number of amides is 1. The number of nitrogens with one attached hydrogen (secondary N) is 2. The summed E-state index contributed by atoms with van der Waals surface area (Å²) in [5.74, 6) is 1.68. The van der Waals surface area contributed by atoms with E-state index in [4.69, 9.17) is 21.7 Å². The summed E-state index contributed by atoms with van der Waals surface area (Å²) in [5.41, 5.74) is 0.842. The van der Waals surface area contributed by atoms with Gasteiger partial charge in [0.1, 0.15) is 0 Å². The fraction of sp³-hybridized carbons (Fsp3) is 0.429. The highest BCUT2D eigenvalue weighted by Gasteiger charge is 2.19. The molecule has 3 rings (SSSR count). The van der Waals surface area contributed by atoms with Crippen LogP contribution >= 0.6 is 12.2 Å². The maximum atomic E-state index is 11.5. The molecule has 0 radical (unpaired) electrons. The Hall–Kier alpha value is -2.02. The highest BCUT2D eigenvalue weighted by atomic mass is 32.1. The number of carbonyl (C=O) groups is 1. The average Bonchev–Trinajstić information content (AvgIpc) is 3.07. The van der Waals surface area contributed by atoms with Crippen LogP contribution in [-0.2, 0) is 4.79 Å². The van der Waals surface area contributed by atoms with Gasteiger partial charge in [0.25, 0.3) is 0 Å². The number of thiocarbonyl (C=S) groups is 1. The van der Waals surface area contributed by atoms with Crippen molar-refractivity contribution in [3.05, 3.63) is 18.2 Å². The molecule has 0 bridgehead atoms. The lowest BCUT2D eigenvalue weighted by Gasteiger charge is -2.17. The molecular formula is C14H17N3O3S. The maximum Gasteiger partial charge on any atom is 0.231 e. The Bertz CT molecular complexity index is 564. The number of anilines is 1. The minimum atomic E-state index is 0.228. The third-order valence-corrected chi connectivity index (χ3v) is 3.72. The van der Waals surface area contributed by atoms with Crippen molar-refractivity contribution in [3.8, 4) is 11.5 Å². The first-order chi connectivity index (χ1) is 10.2. The normalized spacial score (nSPS) is 16.2. The Morgan fingerprint density at radius 3 is 3.00 bits per heavy atom. The predicted molar refractivity (Wildman–Crippen MR) is 82.6 cm³/mol. The Morgan fingerprint density at radius 2 is 2.19 bits per heavy atom. The van der Waals surface area contributed by atoms with Gasteiger partial charge in [-0.15, -0.1) is 0 Å². The van der Waals surface area contributed by atoms with Gasteiger partial charge in [-0.2, -0.15) is 0 Å². The number of fused-ring (bicyclic) bond motifs is 1. The van der Waals surface area contributed by atoms with Crippen molar-refractivity contribution in [1.29, 1.82) is 0 Å². The van der Waals surface area contributed by atoms with Crippen molar-refractivity contribution < 1.29 is 14.3 Å². The first kappa shape index (κ1) is 13.9. The van der Waals surface area contributed by atoms with Crippen molar-refractivity contribution in [3.63, 3.8) is 0 Å². The van der Waals surface area contributed by atoms with Gasteiger partial charge in [-0.1, -0.05) is 0 Å². The second-order valence-electron chi connectivity index (χ2n) is 4.93. The molecule has 1 aromatic rings. The molecule has 7 heteroatoms. The van der Waals surface area contributed by atoms with E-state index in [1.165, 1.54) is 0 Å². The van der Waals surface area contributed by atoms with E-state index in [9.17, 15) is 4.79 Å². The number of benzene rings is 1. The third kappa shape index (κ3) is 3.36. The first-order valence-corrected chi connectivity index (χ1v) is 7.35. The van der Waals surface area contributed by atoms with Crippen LogP contribution < -0.4 is 20.1 Å². The lowest BCUT2D eigenvalue weighted by atomic mass is 10.3. The number of carbonyl (C=O) groups excluding carboxylic acids is 1. The largest absolute Gasteiger partial charge is 0.454 e. The maximum absolute atomic E-state index is 11.5. The Balaban J connectivity index is 1.44. The van der Waals surface area contributed by atoms with Crippen LogP contribution in [0.5, 0.6) is 11.5 Å². The second-order valence-corrected chi connectivity index (χ2v) is 5.34. The van der Waals surface area contributed by atoms with E-state index in [2.05, 4.69) is 10.6 Å². The highest BCUT2D eigenvalue weighted by Crippen LogP contribution is 2.34. The molecule has 0 saturated carbocycles. The molecule has 1 fully saturated rings. The number of hydrogen-bond donors (Lipinski definition) is 2. The van der Waals surface area contributed by atoms with Crippen molar-refractivity contribution in [2.75, 3.05) is 31.7 Å². The van der Waals surface area contributed by atoms with Crippen molar-refractivity contribution in [2.45, 2.75) is 12.8 Å². The fourth-order valence-corrected chi connectivity index (χ4v) is 2.61. The molecule has 21 heavy (non-hydrogen) atoms. The van der Waals surface area contributed by atoms with E-state index < -0.39 is 0 Å². The van der Waals surface area contributed by atoms with E-state index in [0.717, 1.165) is 24.4 Å². The molecule has 2 aliphatic heterocycles. The molecule has 0 aliphatic carbocycles. The van der Waals surface area contributed by atoms with E-state index in [0.29, 0.717) is 30.4 Å². The van der Waals surface area contributed by atoms with Crippen LogP contribution in [0, 0.1) is 0 Å². The number of rotatable bonds is 4. The quantitative estimate of drug-likeness (QED) is 0.818. The minimum absolute atomic E-state index is 0.228. The van der Waals surface area contributed by atoms with Gasteiger partial charge in [0, 0.05) is 37.8 Å². The molecule has 6 nitrogen and oxygen atoms in total. The van der Waals surface area contributed by atoms with Gasteiger partial charge in [-0.3, -0.25) is 4.79 Å². The molecule has 1 amide bonds. The molecule has 1 aromatic carbocycles. The molecule has 2 N–H and O–H groups in total. The number of ether oxygens (including phenoxy) is 2. The summed E-state index contributed by atoms with van der Waals surface area (Å²) in [4.78, 5) is 13.3. The number of likely N-dealkylation sites (tertiary alicyclic amines) is 1. The summed E-state index contributed by atoms with van der Waals surface area (Å²) >= 11 is 5.24. The van der Waals surface area contributed by atoms with Gasteiger partial charge in [0.05, 0.1) is 0 Å².